The van der Waals surface area contributed by atoms with Crippen molar-refractivity contribution in [2.24, 2.45) is 0 Å². The molecule has 0 spiro atoms. The summed E-state index contributed by atoms with van der Waals surface area (Å²) < 4.78 is 53.5. The second-order valence-corrected chi connectivity index (χ2v) is 7.59. The molecule has 3 nitrogen and oxygen atoms in total. The van der Waals surface area contributed by atoms with E-state index < -0.39 is 21.5 Å². The molecular weight excluding hydrogens is 284 g/mol. The van der Waals surface area contributed by atoms with Crippen molar-refractivity contribution in [3.05, 3.63) is 29.3 Å². The van der Waals surface area contributed by atoms with Crippen LogP contribution in [0.15, 0.2) is 23.1 Å². The van der Waals surface area contributed by atoms with Gasteiger partial charge in [0.15, 0.2) is 0 Å². The highest BCUT2D eigenvalue weighted by molar-refractivity contribution is 7.89. The lowest BCUT2D eigenvalue weighted by atomic mass is 10.00. The third-order valence-corrected chi connectivity index (χ3v) is 5.52. The van der Waals surface area contributed by atoms with Gasteiger partial charge < -0.3 is 0 Å². The van der Waals surface area contributed by atoms with E-state index in [0.717, 1.165) is 30.4 Å². The zero-order chi connectivity index (χ0) is 15.2. The number of aryl methyl sites for hydroxylation is 2. The van der Waals surface area contributed by atoms with Crippen LogP contribution in [0.4, 0.5) is 8.78 Å². The molecule has 0 fully saturated rings. The van der Waals surface area contributed by atoms with Crippen molar-refractivity contribution >= 4 is 10.0 Å². The zero-order valence-corrected chi connectivity index (χ0v) is 12.7. The molecule has 0 radical (unpaired) electrons. The van der Waals surface area contributed by atoms with Gasteiger partial charge in [-0.15, -0.1) is 0 Å². The molecule has 0 saturated heterocycles. The van der Waals surface area contributed by atoms with E-state index in [1.807, 2.05) is 0 Å². The summed E-state index contributed by atoms with van der Waals surface area (Å²) in [6.45, 7) is 3.06. The van der Waals surface area contributed by atoms with E-state index >= 15 is 0 Å². The molecule has 0 unspecified atom stereocenters. The van der Waals surface area contributed by atoms with E-state index in [4.69, 9.17) is 0 Å². The normalized spacial score (nSPS) is 16.2. The topological polar surface area (TPSA) is 46.2 Å². The average Bonchev–Trinajstić information content (AvgIpc) is 2.72. The van der Waals surface area contributed by atoms with Crippen LogP contribution in [-0.2, 0) is 22.9 Å². The van der Waals surface area contributed by atoms with Crippen molar-refractivity contribution in [3.63, 3.8) is 0 Å². The van der Waals surface area contributed by atoms with E-state index in [0.29, 0.717) is 6.92 Å². The molecular formula is C14H19F2NO2S. The van der Waals surface area contributed by atoms with E-state index in [2.05, 4.69) is 4.72 Å². The lowest BCUT2D eigenvalue weighted by molar-refractivity contribution is -0.0488. The lowest BCUT2D eigenvalue weighted by Gasteiger charge is -2.31. The highest BCUT2D eigenvalue weighted by atomic mass is 32.2. The first-order valence-electron chi connectivity index (χ1n) is 6.56. The fourth-order valence-corrected chi connectivity index (χ4v) is 3.71. The van der Waals surface area contributed by atoms with Crippen molar-refractivity contribution in [1.29, 1.82) is 0 Å². The fourth-order valence-electron chi connectivity index (χ4n) is 2.20. The molecule has 1 N–H and O–H groups in total. The van der Waals surface area contributed by atoms with Gasteiger partial charge in [-0.1, -0.05) is 6.07 Å². The molecule has 112 valence electrons. The second-order valence-electron chi connectivity index (χ2n) is 5.90. The summed E-state index contributed by atoms with van der Waals surface area (Å²) >= 11 is 0. The SMILES string of the molecule is CC(F)(F)C(C)(C)NS(=O)(=O)c1ccc2c(c1)CCC2. The molecule has 20 heavy (non-hydrogen) atoms. The molecule has 1 aliphatic rings. The summed E-state index contributed by atoms with van der Waals surface area (Å²) in [6.07, 6.45) is 2.79. The second kappa shape index (κ2) is 4.77. The third kappa shape index (κ3) is 2.86. The Balaban J connectivity index is 2.32. The Kier molecular flexibility index (Phi) is 3.67. The van der Waals surface area contributed by atoms with Crippen molar-refractivity contribution in [1.82, 2.24) is 4.72 Å². The minimum absolute atomic E-state index is 0.0514. The van der Waals surface area contributed by atoms with Crippen molar-refractivity contribution in [2.75, 3.05) is 0 Å². The Bertz CT molecular complexity index is 619. The van der Waals surface area contributed by atoms with Crippen LogP contribution in [0.3, 0.4) is 0 Å². The Morgan fingerprint density at radius 2 is 1.70 bits per heavy atom. The summed E-state index contributed by atoms with van der Waals surface area (Å²) in [5.41, 5.74) is 0.295. The van der Waals surface area contributed by atoms with Gasteiger partial charge in [0.05, 0.1) is 10.4 Å². The zero-order valence-electron chi connectivity index (χ0n) is 11.8. The predicted molar refractivity (Wildman–Crippen MR) is 73.5 cm³/mol. The molecule has 1 aromatic rings. The molecule has 0 bridgehead atoms. The van der Waals surface area contributed by atoms with Crippen LogP contribution in [0.5, 0.6) is 0 Å². The number of halogens is 2. The average molecular weight is 303 g/mol. The Labute approximate surface area is 118 Å². The first kappa shape index (κ1) is 15.4. The standard InChI is InChI=1S/C14H19F2NO2S/c1-13(2,14(3,15)16)17-20(18,19)12-8-7-10-5-4-6-11(10)9-12/h7-9,17H,4-6H2,1-3H3. The molecule has 0 atom stereocenters. The molecule has 6 heteroatoms. The van der Waals surface area contributed by atoms with Crippen LogP contribution < -0.4 is 4.72 Å². The number of alkyl halides is 2. The van der Waals surface area contributed by atoms with Gasteiger partial charge >= 0.3 is 0 Å². The summed E-state index contributed by atoms with van der Waals surface area (Å²) in [6, 6.07) is 4.85. The number of hydrogen-bond donors (Lipinski definition) is 1. The Morgan fingerprint density at radius 3 is 2.30 bits per heavy atom. The summed E-state index contributed by atoms with van der Waals surface area (Å²) in [5.74, 6) is -3.16. The largest absolute Gasteiger partial charge is 0.263 e. The molecule has 2 rings (SSSR count). The molecule has 1 aromatic carbocycles. The van der Waals surface area contributed by atoms with Gasteiger partial charge in [0.1, 0.15) is 0 Å². The van der Waals surface area contributed by atoms with Crippen LogP contribution in [0, 0.1) is 0 Å². The van der Waals surface area contributed by atoms with Gasteiger partial charge in [-0.05, 0) is 56.4 Å². The summed E-state index contributed by atoms with van der Waals surface area (Å²) in [7, 11) is -3.95. The Hall–Kier alpha value is -1.01. The lowest BCUT2D eigenvalue weighted by Crippen LogP contribution is -2.54. The van der Waals surface area contributed by atoms with Crippen LogP contribution in [-0.4, -0.2) is 19.9 Å². The predicted octanol–water partition coefficient (Wildman–Crippen LogP) is 2.89. The van der Waals surface area contributed by atoms with E-state index in [9.17, 15) is 17.2 Å². The van der Waals surface area contributed by atoms with Crippen LogP contribution in [0.25, 0.3) is 0 Å². The van der Waals surface area contributed by atoms with Gasteiger partial charge in [0, 0.05) is 6.92 Å². The maximum atomic E-state index is 13.4. The van der Waals surface area contributed by atoms with E-state index in [1.54, 1.807) is 12.1 Å². The molecule has 1 aliphatic carbocycles. The number of nitrogens with one attached hydrogen (secondary N) is 1. The molecule has 0 aliphatic heterocycles. The summed E-state index contributed by atoms with van der Waals surface area (Å²) in [4.78, 5) is 0.0514. The molecule has 0 heterocycles. The maximum Gasteiger partial charge on any atom is 0.263 e. The van der Waals surface area contributed by atoms with Crippen LogP contribution in [0.1, 0.15) is 38.3 Å². The van der Waals surface area contributed by atoms with Crippen molar-refractivity contribution < 1.29 is 17.2 Å². The highest BCUT2D eigenvalue weighted by Gasteiger charge is 2.45. The quantitative estimate of drug-likeness (QED) is 0.929. The van der Waals surface area contributed by atoms with Crippen LogP contribution in [0.2, 0.25) is 0 Å². The molecule has 0 saturated carbocycles. The van der Waals surface area contributed by atoms with Gasteiger partial charge in [0.25, 0.3) is 5.92 Å². The first-order chi connectivity index (χ1) is 9.03. The fraction of sp³-hybridized carbons (Fsp3) is 0.571. The van der Waals surface area contributed by atoms with Gasteiger partial charge in [0.2, 0.25) is 10.0 Å². The monoisotopic (exact) mass is 303 g/mol. The summed E-state index contributed by atoms with van der Waals surface area (Å²) in [5, 5.41) is 0. The minimum atomic E-state index is -3.95. The number of rotatable bonds is 4. The number of hydrogen-bond acceptors (Lipinski definition) is 2. The van der Waals surface area contributed by atoms with E-state index in [-0.39, 0.29) is 4.90 Å². The molecule has 0 aromatic heterocycles. The number of fused-ring (bicyclic) bond motifs is 1. The highest BCUT2D eigenvalue weighted by Crippen LogP contribution is 2.30. The third-order valence-electron chi connectivity index (χ3n) is 3.87. The number of sulfonamides is 1. The van der Waals surface area contributed by atoms with Gasteiger partial charge in [-0.25, -0.2) is 17.2 Å². The Morgan fingerprint density at radius 1 is 1.10 bits per heavy atom. The first-order valence-corrected chi connectivity index (χ1v) is 8.05. The van der Waals surface area contributed by atoms with Crippen LogP contribution >= 0.6 is 0 Å². The smallest absolute Gasteiger partial charge is 0.207 e. The van der Waals surface area contributed by atoms with Crippen molar-refractivity contribution in [2.45, 2.75) is 56.4 Å². The van der Waals surface area contributed by atoms with Crippen molar-refractivity contribution in [3.8, 4) is 0 Å². The molecule has 0 amide bonds. The van der Waals surface area contributed by atoms with E-state index in [1.165, 1.54) is 19.9 Å². The minimum Gasteiger partial charge on any atom is -0.207 e. The number of benzene rings is 1. The van der Waals surface area contributed by atoms with Gasteiger partial charge in [-0.3, -0.25) is 0 Å². The van der Waals surface area contributed by atoms with Gasteiger partial charge in [-0.2, -0.15) is 4.72 Å². The maximum absolute atomic E-state index is 13.4.